The lowest BCUT2D eigenvalue weighted by Gasteiger charge is -2.26. The summed E-state index contributed by atoms with van der Waals surface area (Å²) in [5, 5.41) is 9.23. The molecule has 0 radical (unpaired) electrons. The minimum absolute atomic E-state index is 0.106. The molecule has 0 heterocycles. The third-order valence-corrected chi connectivity index (χ3v) is 5.54. The third kappa shape index (κ3) is 8.67. The summed E-state index contributed by atoms with van der Waals surface area (Å²) in [5.74, 6) is -0.812. The summed E-state index contributed by atoms with van der Waals surface area (Å²) in [5.41, 5.74) is 0.817. The molecule has 0 spiro atoms. The number of aliphatic carboxylic acids is 1. The van der Waals surface area contributed by atoms with Crippen molar-refractivity contribution in [1.82, 2.24) is 4.90 Å². The highest BCUT2D eigenvalue weighted by Crippen LogP contribution is 2.19. The van der Waals surface area contributed by atoms with Crippen LogP contribution in [0.25, 0.3) is 0 Å². The number of benzene rings is 2. The molecule has 2 aromatic carbocycles. The number of amides is 1. The number of nitrogens with zero attached hydrogens (tertiary/aromatic N) is 1. The first-order valence-corrected chi connectivity index (χ1v) is 11.6. The molecule has 0 aromatic heterocycles. The number of rotatable bonds is 14. The van der Waals surface area contributed by atoms with Crippen molar-refractivity contribution in [2.24, 2.45) is 5.92 Å². The Kier molecular flexibility index (Phi) is 11.3. The topological polar surface area (TPSA) is 85.3 Å². The van der Waals surface area contributed by atoms with Gasteiger partial charge in [-0.1, -0.05) is 51.0 Å². The fourth-order valence-corrected chi connectivity index (χ4v) is 3.43. The Balaban J connectivity index is 1.96. The van der Waals surface area contributed by atoms with Crippen LogP contribution in [0.5, 0.6) is 11.5 Å². The maximum absolute atomic E-state index is 13.9. The molecule has 1 N–H and O–H groups in total. The van der Waals surface area contributed by atoms with Crippen LogP contribution < -0.4 is 9.47 Å². The molecular weight excluding hydrogens is 441 g/mol. The van der Waals surface area contributed by atoms with Crippen LogP contribution in [0.1, 0.15) is 39.2 Å². The fraction of sp³-hybridized carbons (Fsp3) is 0.462. The van der Waals surface area contributed by atoms with Gasteiger partial charge >= 0.3 is 12.1 Å². The van der Waals surface area contributed by atoms with E-state index in [1.54, 1.807) is 37.3 Å². The molecule has 186 valence electrons. The molecule has 8 heteroatoms. The van der Waals surface area contributed by atoms with E-state index in [0.29, 0.717) is 24.8 Å². The summed E-state index contributed by atoms with van der Waals surface area (Å²) in [7, 11) is 0. The van der Waals surface area contributed by atoms with E-state index in [1.807, 2.05) is 0 Å². The van der Waals surface area contributed by atoms with Gasteiger partial charge in [0.15, 0.2) is 17.7 Å². The Bertz CT molecular complexity index is 900. The van der Waals surface area contributed by atoms with Gasteiger partial charge in [-0.3, -0.25) is 0 Å². The van der Waals surface area contributed by atoms with Gasteiger partial charge in [0.2, 0.25) is 0 Å². The second-order valence-corrected chi connectivity index (χ2v) is 7.91. The quantitative estimate of drug-likeness (QED) is 0.406. The summed E-state index contributed by atoms with van der Waals surface area (Å²) < 4.78 is 30.2. The van der Waals surface area contributed by atoms with Crippen molar-refractivity contribution >= 4 is 12.1 Å². The average molecular weight is 476 g/mol. The van der Waals surface area contributed by atoms with E-state index >= 15 is 0 Å². The molecule has 2 rings (SSSR count). The van der Waals surface area contributed by atoms with E-state index in [2.05, 4.69) is 13.8 Å². The molecule has 7 nitrogen and oxygen atoms in total. The third-order valence-electron chi connectivity index (χ3n) is 5.54. The number of carbonyl (C=O) groups excluding carboxylic acids is 1. The molecule has 0 aliphatic heterocycles. The van der Waals surface area contributed by atoms with Gasteiger partial charge in [-0.05, 0) is 42.7 Å². The van der Waals surface area contributed by atoms with Gasteiger partial charge in [-0.25, -0.2) is 14.0 Å². The second-order valence-electron chi connectivity index (χ2n) is 7.91. The van der Waals surface area contributed by atoms with Gasteiger partial charge in [0.1, 0.15) is 12.4 Å². The normalized spacial score (nSPS) is 11.8. The number of hydrogen-bond acceptors (Lipinski definition) is 5. The van der Waals surface area contributed by atoms with Crippen LogP contribution in [0.3, 0.4) is 0 Å². The number of para-hydroxylation sites is 1. The lowest BCUT2D eigenvalue weighted by molar-refractivity contribution is -0.149. The first-order chi connectivity index (χ1) is 16.4. The van der Waals surface area contributed by atoms with Gasteiger partial charge < -0.3 is 24.2 Å². The summed E-state index contributed by atoms with van der Waals surface area (Å²) in [6.07, 6.45) is 0.555. The monoisotopic (exact) mass is 475 g/mol. The summed E-state index contributed by atoms with van der Waals surface area (Å²) >= 11 is 0. The van der Waals surface area contributed by atoms with Crippen molar-refractivity contribution in [2.75, 3.05) is 26.3 Å². The number of carbonyl (C=O) groups is 2. The van der Waals surface area contributed by atoms with Crippen LogP contribution >= 0.6 is 0 Å². The number of halogens is 1. The summed E-state index contributed by atoms with van der Waals surface area (Å²) in [6, 6.07) is 12.9. The van der Waals surface area contributed by atoms with Gasteiger partial charge in [0.25, 0.3) is 0 Å². The van der Waals surface area contributed by atoms with Gasteiger partial charge in [0.05, 0.1) is 6.54 Å². The lowest BCUT2D eigenvalue weighted by Crippen LogP contribution is -2.40. The molecular formula is C26H34FNO6. The van der Waals surface area contributed by atoms with Crippen LogP contribution in [-0.4, -0.2) is 54.5 Å². The zero-order valence-electron chi connectivity index (χ0n) is 20.0. The molecule has 0 fully saturated rings. The Morgan fingerprint density at radius 1 is 1.03 bits per heavy atom. The zero-order chi connectivity index (χ0) is 24.9. The van der Waals surface area contributed by atoms with Gasteiger partial charge in [-0.15, -0.1) is 0 Å². The smallest absolute Gasteiger partial charge is 0.415 e. The molecule has 1 amide bonds. The molecule has 34 heavy (non-hydrogen) atoms. The Morgan fingerprint density at radius 3 is 2.29 bits per heavy atom. The second kappa shape index (κ2) is 14.2. The van der Waals surface area contributed by atoms with E-state index in [4.69, 9.17) is 14.2 Å². The molecule has 1 unspecified atom stereocenters. The van der Waals surface area contributed by atoms with Crippen LogP contribution in [-0.2, 0) is 16.0 Å². The van der Waals surface area contributed by atoms with Crippen molar-refractivity contribution in [3.05, 3.63) is 59.9 Å². The van der Waals surface area contributed by atoms with Crippen LogP contribution in [0.2, 0.25) is 0 Å². The fourth-order valence-electron chi connectivity index (χ4n) is 3.43. The molecule has 0 aliphatic rings. The number of ether oxygens (including phenoxy) is 3. The van der Waals surface area contributed by atoms with Crippen molar-refractivity contribution in [3.8, 4) is 11.5 Å². The van der Waals surface area contributed by atoms with Crippen molar-refractivity contribution < 1.29 is 33.3 Å². The number of hydrogen-bond donors (Lipinski definition) is 1. The Hall–Kier alpha value is -3.13. The number of carboxylic acid groups (broad SMARTS) is 1. The summed E-state index contributed by atoms with van der Waals surface area (Å²) in [6.45, 7) is 7.19. The standard InChI is InChI=1S/C26H34FNO6/c1-4-19(5-2)18-28(26(31)34-23-10-8-7-9-22(23)27)15-16-33-21-13-11-20(12-14-21)17-24(25(29)30)32-6-3/h7-14,19,24H,4-6,15-18H2,1-3H3,(H,29,30). The van der Waals surface area contributed by atoms with E-state index in [0.717, 1.165) is 18.4 Å². The number of carboxylic acids is 1. The Labute approximate surface area is 200 Å². The maximum Gasteiger partial charge on any atom is 0.415 e. The van der Waals surface area contributed by atoms with Crippen LogP contribution in [0.15, 0.2) is 48.5 Å². The highest BCUT2D eigenvalue weighted by atomic mass is 19.1. The highest BCUT2D eigenvalue weighted by Gasteiger charge is 2.21. The molecule has 0 saturated carbocycles. The highest BCUT2D eigenvalue weighted by molar-refractivity contribution is 5.72. The van der Waals surface area contributed by atoms with Crippen molar-refractivity contribution in [2.45, 2.75) is 46.1 Å². The maximum atomic E-state index is 13.9. The summed E-state index contributed by atoms with van der Waals surface area (Å²) in [4.78, 5) is 25.6. The minimum Gasteiger partial charge on any atom is -0.492 e. The first-order valence-electron chi connectivity index (χ1n) is 11.6. The van der Waals surface area contributed by atoms with Gasteiger partial charge in [0, 0.05) is 19.6 Å². The van der Waals surface area contributed by atoms with E-state index < -0.39 is 24.0 Å². The van der Waals surface area contributed by atoms with Crippen molar-refractivity contribution in [3.63, 3.8) is 0 Å². The zero-order valence-corrected chi connectivity index (χ0v) is 20.0. The molecule has 2 aromatic rings. The van der Waals surface area contributed by atoms with Gasteiger partial charge in [-0.2, -0.15) is 0 Å². The largest absolute Gasteiger partial charge is 0.492 e. The first kappa shape index (κ1) is 27.1. The van der Waals surface area contributed by atoms with Crippen LogP contribution in [0.4, 0.5) is 9.18 Å². The predicted octanol–water partition coefficient (Wildman–Crippen LogP) is 5.17. The minimum atomic E-state index is -0.998. The Morgan fingerprint density at radius 2 is 1.71 bits per heavy atom. The molecule has 0 aliphatic carbocycles. The lowest BCUT2D eigenvalue weighted by atomic mass is 10.0. The van der Waals surface area contributed by atoms with Crippen LogP contribution in [0, 0.1) is 11.7 Å². The average Bonchev–Trinajstić information content (AvgIpc) is 2.83. The molecule has 0 saturated heterocycles. The van der Waals surface area contributed by atoms with E-state index in [-0.39, 0.29) is 25.3 Å². The van der Waals surface area contributed by atoms with E-state index in [9.17, 15) is 19.1 Å². The van der Waals surface area contributed by atoms with Crippen molar-refractivity contribution in [1.29, 1.82) is 0 Å². The predicted molar refractivity (Wildman–Crippen MR) is 127 cm³/mol. The SMILES string of the molecule is CCOC(Cc1ccc(OCCN(CC(CC)CC)C(=O)Oc2ccccc2F)cc1)C(=O)O. The molecule has 1 atom stereocenters. The molecule has 0 bridgehead atoms. The van der Waals surface area contributed by atoms with E-state index in [1.165, 1.54) is 23.1 Å².